The molecule has 0 spiro atoms. The van der Waals surface area contributed by atoms with Gasteiger partial charge in [0.2, 0.25) is 0 Å². The van der Waals surface area contributed by atoms with Crippen LogP contribution in [-0.2, 0) is 4.74 Å². The molecule has 0 fully saturated rings. The molecule has 1 atom stereocenters. The zero-order valence-corrected chi connectivity index (χ0v) is 5.11. The zero-order chi connectivity index (χ0) is 5.56. The first-order valence-corrected chi connectivity index (χ1v) is 3.15. The second-order valence-electron chi connectivity index (χ2n) is 2.56. The summed E-state index contributed by atoms with van der Waals surface area (Å²) in [5, 5.41) is 0. The molecule has 0 heterocycles. The van der Waals surface area contributed by atoms with Gasteiger partial charge in [-0.3, -0.25) is 0 Å². The van der Waals surface area contributed by atoms with Crippen LogP contribution in [0.2, 0.25) is 0 Å². The van der Waals surface area contributed by atoms with E-state index in [2.05, 4.69) is 0 Å². The lowest BCUT2D eigenvalue weighted by atomic mass is 9.71. The van der Waals surface area contributed by atoms with Gasteiger partial charge in [-0.05, 0) is 24.8 Å². The monoisotopic (exact) mass is 110 g/mol. The number of hydrogen-bond acceptors (Lipinski definition) is 1. The number of hydrogen-bond donors (Lipinski definition) is 0. The lowest BCUT2D eigenvalue weighted by Crippen LogP contribution is -2.32. The summed E-state index contributed by atoms with van der Waals surface area (Å²) >= 11 is 0. The average molecular weight is 110 g/mol. The van der Waals surface area contributed by atoms with Crippen LogP contribution < -0.4 is 0 Å². The Morgan fingerprint density at radius 1 is 1.50 bits per heavy atom. The molecular weight excluding hydrogens is 100 g/mol. The highest BCUT2D eigenvalue weighted by Crippen LogP contribution is 2.45. The first kappa shape index (κ1) is 4.57. The van der Waals surface area contributed by atoms with Crippen molar-refractivity contribution >= 4 is 0 Å². The smallest absolute Gasteiger partial charge is 0.0821 e. The summed E-state index contributed by atoms with van der Waals surface area (Å²) in [7, 11) is 1.80. The van der Waals surface area contributed by atoms with Crippen LogP contribution in [0.5, 0.6) is 0 Å². The Hall–Kier alpha value is -0.300. The SMILES string of the molecule is COC1CC2=C1CC2. The molecule has 1 nitrogen and oxygen atoms in total. The van der Waals surface area contributed by atoms with E-state index in [1.165, 1.54) is 19.3 Å². The highest BCUT2D eigenvalue weighted by atomic mass is 16.5. The van der Waals surface area contributed by atoms with Crippen LogP contribution >= 0.6 is 0 Å². The van der Waals surface area contributed by atoms with E-state index in [0.29, 0.717) is 6.10 Å². The molecule has 1 heteroatoms. The third-order valence-corrected chi connectivity index (χ3v) is 2.26. The van der Waals surface area contributed by atoms with E-state index in [0.717, 1.165) is 0 Å². The largest absolute Gasteiger partial charge is 0.377 e. The molecule has 44 valence electrons. The fourth-order valence-electron chi connectivity index (χ4n) is 1.51. The van der Waals surface area contributed by atoms with Gasteiger partial charge in [-0.2, -0.15) is 0 Å². The summed E-state index contributed by atoms with van der Waals surface area (Å²) < 4.78 is 5.16. The van der Waals surface area contributed by atoms with Crippen molar-refractivity contribution in [2.45, 2.75) is 25.4 Å². The Morgan fingerprint density at radius 3 is 2.50 bits per heavy atom. The molecular formula is C7H10O. The van der Waals surface area contributed by atoms with E-state index in [4.69, 9.17) is 4.74 Å². The average Bonchev–Trinajstić information content (AvgIpc) is 1.76. The van der Waals surface area contributed by atoms with Crippen LogP contribution in [0.4, 0.5) is 0 Å². The second-order valence-corrected chi connectivity index (χ2v) is 2.56. The van der Waals surface area contributed by atoms with Crippen LogP contribution in [0.1, 0.15) is 19.3 Å². The molecule has 2 rings (SSSR count). The molecule has 0 amide bonds. The molecule has 0 bridgehead atoms. The van der Waals surface area contributed by atoms with Crippen LogP contribution in [-0.4, -0.2) is 13.2 Å². The quantitative estimate of drug-likeness (QED) is 0.465. The van der Waals surface area contributed by atoms with Crippen molar-refractivity contribution in [2.75, 3.05) is 7.11 Å². The van der Waals surface area contributed by atoms with Crippen molar-refractivity contribution < 1.29 is 4.74 Å². The summed E-state index contributed by atoms with van der Waals surface area (Å²) in [4.78, 5) is 0. The third-order valence-electron chi connectivity index (χ3n) is 2.26. The minimum atomic E-state index is 0.527. The van der Waals surface area contributed by atoms with E-state index in [1.54, 1.807) is 18.3 Å². The lowest BCUT2D eigenvalue weighted by Gasteiger charge is -2.40. The van der Waals surface area contributed by atoms with Crippen molar-refractivity contribution in [1.29, 1.82) is 0 Å². The summed E-state index contributed by atoms with van der Waals surface area (Å²) in [6.45, 7) is 0. The summed E-state index contributed by atoms with van der Waals surface area (Å²) in [5.41, 5.74) is 3.28. The number of rotatable bonds is 1. The van der Waals surface area contributed by atoms with Crippen LogP contribution in [0, 0.1) is 0 Å². The predicted molar refractivity (Wildman–Crippen MR) is 31.7 cm³/mol. The van der Waals surface area contributed by atoms with Gasteiger partial charge in [-0.1, -0.05) is 5.57 Å². The molecule has 0 saturated heterocycles. The molecule has 8 heavy (non-hydrogen) atoms. The highest BCUT2D eigenvalue weighted by molar-refractivity contribution is 5.38. The molecule has 1 unspecified atom stereocenters. The minimum Gasteiger partial charge on any atom is -0.377 e. The van der Waals surface area contributed by atoms with Gasteiger partial charge >= 0.3 is 0 Å². The normalized spacial score (nSPS) is 33.4. The molecule has 0 aromatic carbocycles. The molecule has 2 aliphatic rings. The number of ether oxygens (including phenoxy) is 1. The van der Waals surface area contributed by atoms with Gasteiger partial charge in [0, 0.05) is 7.11 Å². The molecule has 0 radical (unpaired) electrons. The maximum atomic E-state index is 5.16. The van der Waals surface area contributed by atoms with Gasteiger partial charge in [-0.15, -0.1) is 0 Å². The standard InChI is InChI=1S/C7H10O/c1-8-7-4-5-2-3-6(5)7/h7H,2-4H2,1H3. The second kappa shape index (κ2) is 1.35. The van der Waals surface area contributed by atoms with Gasteiger partial charge in [0.1, 0.15) is 0 Å². The molecule has 0 saturated carbocycles. The molecule has 2 aliphatic carbocycles. The summed E-state index contributed by atoms with van der Waals surface area (Å²) in [5.74, 6) is 0. The van der Waals surface area contributed by atoms with Crippen LogP contribution in [0.25, 0.3) is 0 Å². The Morgan fingerprint density at radius 2 is 2.38 bits per heavy atom. The van der Waals surface area contributed by atoms with Crippen LogP contribution in [0.3, 0.4) is 0 Å². The van der Waals surface area contributed by atoms with Gasteiger partial charge in [-0.25, -0.2) is 0 Å². The Kier molecular flexibility index (Phi) is 0.770. The summed E-state index contributed by atoms with van der Waals surface area (Å²) in [6.07, 6.45) is 4.42. The van der Waals surface area contributed by atoms with E-state index in [1.807, 2.05) is 0 Å². The Bertz CT molecular complexity index is 146. The zero-order valence-electron chi connectivity index (χ0n) is 5.11. The van der Waals surface area contributed by atoms with E-state index < -0.39 is 0 Å². The van der Waals surface area contributed by atoms with Crippen LogP contribution in [0.15, 0.2) is 11.1 Å². The maximum absolute atomic E-state index is 5.16. The first-order valence-electron chi connectivity index (χ1n) is 3.15. The van der Waals surface area contributed by atoms with Crippen molar-refractivity contribution in [3.63, 3.8) is 0 Å². The van der Waals surface area contributed by atoms with Crippen molar-refractivity contribution in [3.05, 3.63) is 11.1 Å². The number of methoxy groups -OCH3 is 1. The van der Waals surface area contributed by atoms with E-state index in [-0.39, 0.29) is 0 Å². The van der Waals surface area contributed by atoms with Crippen molar-refractivity contribution in [1.82, 2.24) is 0 Å². The van der Waals surface area contributed by atoms with Gasteiger partial charge in [0.15, 0.2) is 0 Å². The maximum Gasteiger partial charge on any atom is 0.0821 e. The molecule has 0 aliphatic heterocycles. The minimum absolute atomic E-state index is 0.527. The fraction of sp³-hybridized carbons (Fsp3) is 0.714. The van der Waals surface area contributed by atoms with Crippen molar-refractivity contribution in [3.8, 4) is 0 Å². The molecule has 0 aromatic rings. The Balaban J connectivity index is 2.10. The van der Waals surface area contributed by atoms with Gasteiger partial charge < -0.3 is 4.74 Å². The van der Waals surface area contributed by atoms with E-state index in [9.17, 15) is 0 Å². The van der Waals surface area contributed by atoms with Gasteiger partial charge in [0.05, 0.1) is 6.10 Å². The first-order chi connectivity index (χ1) is 3.92. The lowest BCUT2D eigenvalue weighted by molar-refractivity contribution is 0.0976. The van der Waals surface area contributed by atoms with Crippen molar-refractivity contribution in [2.24, 2.45) is 0 Å². The highest BCUT2D eigenvalue weighted by Gasteiger charge is 2.34. The predicted octanol–water partition coefficient (Wildman–Crippen LogP) is 1.50. The Labute approximate surface area is 49.3 Å². The fourth-order valence-corrected chi connectivity index (χ4v) is 1.51. The van der Waals surface area contributed by atoms with Gasteiger partial charge in [0.25, 0.3) is 0 Å². The third kappa shape index (κ3) is 0.360. The van der Waals surface area contributed by atoms with E-state index >= 15 is 0 Å². The summed E-state index contributed by atoms with van der Waals surface area (Å²) in [6, 6.07) is 0. The molecule has 0 N–H and O–H groups in total. The topological polar surface area (TPSA) is 9.23 Å². The molecule has 0 aromatic heterocycles.